The maximum absolute atomic E-state index is 11.9. The van der Waals surface area contributed by atoms with Gasteiger partial charge in [0.05, 0.1) is 12.6 Å². The molecule has 2 aromatic carbocycles. The Morgan fingerprint density at radius 1 is 0.757 bits per heavy atom. The van der Waals surface area contributed by atoms with Crippen LogP contribution in [0.3, 0.4) is 0 Å². The fraction of sp³-hybridized carbons (Fsp3) is 0.464. The number of carboxylic acids is 1. The number of ether oxygens (including phenoxy) is 2. The molecule has 0 bridgehead atoms. The maximum atomic E-state index is 11.9. The molecule has 2 heterocycles. The molecule has 4 aliphatic rings. The molecule has 0 radical (unpaired) electrons. The highest BCUT2D eigenvalue weighted by Gasteiger charge is 2.57. The van der Waals surface area contributed by atoms with Crippen molar-refractivity contribution in [3.8, 4) is 0 Å². The van der Waals surface area contributed by atoms with Crippen LogP contribution in [0.4, 0.5) is 9.59 Å². The van der Waals surface area contributed by atoms with Crippen molar-refractivity contribution in [1.29, 1.82) is 0 Å². The van der Waals surface area contributed by atoms with Crippen molar-refractivity contribution in [3.05, 3.63) is 71.8 Å². The molecule has 9 nitrogen and oxygen atoms in total. The van der Waals surface area contributed by atoms with E-state index in [4.69, 9.17) is 14.6 Å². The second-order valence-electron chi connectivity index (χ2n) is 10.2. The minimum Gasteiger partial charge on any atom is -0.480 e. The number of aliphatic hydroxyl groups is 1. The van der Waals surface area contributed by atoms with Gasteiger partial charge in [0, 0.05) is 13.1 Å². The van der Waals surface area contributed by atoms with Crippen LogP contribution in [-0.4, -0.2) is 69.9 Å². The first-order valence-electron chi connectivity index (χ1n) is 12.7. The average molecular weight is 509 g/mol. The molecule has 2 aromatic rings. The molecular weight excluding hydrogens is 476 g/mol. The molecule has 6 atom stereocenters. The number of carboxylic acid groups (broad SMARTS) is 1. The van der Waals surface area contributed by atoms with Crippen LogP contribution in [0.5, 0.6) is 0 Å². The summed E-state index contributed by atoms with van der Waals surface area (Å²) in [5.41, 5.74) is 1.88. The van der Waals surface area contributed by atoms with Crippen LogP contribution >= 0.6 is 0 Å². The molecule has 9 heteroatoms. The van der Waals surface area contributed by atoms with Gasteiger partial charge in [0.1, 0.15) is 19.3 Å². The van der Waals surface area contributed by atoms with Crippen molar-refractivity contribution in [2.45, 2.75) is 38.1 Å². The highest BCUT2D eigenvalue weighted by molar-refractivity contribution is 5.82. The van der Waals surface area contributed by atoms with Crippen LogP contribution < -0.4 is 0 Å². The fourth-order valence-electron chi connectivity index (χ4n) is 5.59. The van der Waals surface area contributed by atoms with E-state index < -0.39 is 18.1 Å². The van der Waals surface area contributed by atoms with Gasteiger partial charge in [-0.1, -0.05) is 60.7 Å². The van der Waals surface area contributed by atoms with Gasteiger partial charge in [-0.15, -0.1) is 0 Å². The van der Waals surface area contributed by atoms with Gasteiger partial charge in [-0.05, 0) is 47.6 Å². The molecule has 0 spiro atoms. The summed E-state index contributed by atoms with van der Waals surface area (Å²) in [6.45, 7) is 1.77. The number of nitrogens with zero attached hydrogens (tertiary/aromatic N) is 2. The lowest BCUT2D eigenvalue weighted by Crippen LogP contribution is -2.43. The van der Waals surface area contributed by atoms with Crippen molar-refractivity contribution in [2.75, 3.05) is 19.7 Å². The zero-order valence-corrected chi connectivity index (χ0v) is 20.5. The Kier molecular flexibility index (Phi) is 7.32. The van der Waals surface area contributed by atoms with Crippen LogP contribution in [0, 0.1) is 23.7 Å². The predicted octanol–water partition coefficient (Wildman–Crippen LogP) is 3.36. The molecule has 2 aliphatic heterocycles. The van der Waals surface area contributed by atoms with Crippen molar-refractivity contribution < 1.29 is 34.1 Å². The first kappa shape index (κ1) is 25.1. The van der Waals surface area contributed by atoms with E-state index in [9.17, 15) is 19.5 Å². The number of amides is 2. The third-order valence-corrected chi connectivity index (χ3v) is 7.77. The SMILES string of the molecule is O=C(O)[C@@H]1C2C[C@H]2CN1C(=O)OCc1ccccc1.O=C(OCc1ccccc1)N1C[C@@H]2CC2[C@H]1CO. The molecule has 2 amide bonds. The van der Waals surface area contributed by atoms with E-state index in [1.54, 1.807) is 4.90 Å². The van der Waals surface area contributed by atoms with Crippen molar-refractivity contribution in [1.82, 2.24) is 9.80 Å². The molecule has 2 saturated carbocycles. The quantitative estimate of drug-likeness (QED) is 0.615. The summed E-state index contributed by atoms with van der Waals surface area (Å²) < 4.78 is 10.5. The Bertz CT molecular complexity index is 1110. The summed E-state index contributed by atoms with van der Waals surface area (Å²) in [6.07, 6.45) is 1.24. The lowest BCUT2D eigenvalue weighted by molar-refractivity contribution is -0.142. The molecule has 2 N–H and O–H groups in total. The average Bonchev–Trinajstić information content (AvgIpc) is 3.80. The van der Waals surface area contributed by atoms with Gasteiger partial charge in [-0.25, -0.2) is 14.4 Å². The predicted molar refractivity (Wildman–Crippen MR) is 132 cm³/mol. The minimum atomic E-state index is -0.929. The molecule has 2 saturated heterocycles. The summed E-state index contributed by atoms with van der Waals surface area (Å²) in [7, 11) is 0. The minimum absolute atomic E-state index is 0.0294. The third-order valence-electron chi connectivity index (χ3n) is 7.77. The number of aliphatic hydroxyl groups excluding tert-OH is 1. The van der Waals surface area contributed by atoms with Gasteiger partial charge in [-0.2, -0.15) is 0 Å². The summed E-state index contributed by atoms with van der Waals surface area (Å²) in [5, 5.41) is 18.5. The standard InChI is InChI=1S/C14H15NO4.C14H17NO3/c16-13(17)12-11-6-10(11)7-15(12)14(18)19-8-9-4-2-1-3-5-9;16-8-13-12-6-11(12)7-15(13)14(17)18-9-10-4-2-1-3-5-10/h1-5,10-12H,6-8H2,(H,16,17);1-5,11-13,16H,6-9H2/t10-,11?,12-;11-,12?,13+/m00/s1. The lowest BCUT2D eigenvalue weighted by atomic mass is 10.2. The Balaban J connectivity index is 0.000000152. The number of aliphatic carboxylic acids is 1. The Labute approximate surface area is 215 Å². The summed E-state index contributed by atoms with van der Waals surface area (Å²) in [4.78, 5) is 38.1. The van der Waals surface area contributed by atoms with Gasteiger partial charge in [0.2, 0.25) is 0 Å². The summed E-state index contributed by atoms with van der Waals surface area (Å²) >= 11 is 0. The van der Waals surface area contributed by atoms with E-state index >= 15 is 0 Å². The normalized spacial score (nSPS) is 28.4. The van der Waals surface area contributed by atoms with Crippen LogP contribution in [0.2, 0.25) is 0 Å². The molecule has 6 rings (SSSR count). The van der Waals surface area contributed by atoms with Crippen LogP contribution in [0.1, 0.15) is 24.0 Å². The van der Waals surface area contributed by atoms with Crippen LogP contribution in [0.25, 0.3) is 0 Å². The second kappa shape index (κ2) is 10.8. The van der Waals surface area contributed by atoms with E-state index in [0.717, 1.165) is 30.5 Å². The number of carbonyl (C=O) groups is 3. The van der Waals surface area contributed by atoms with E-state index in [1.807, 2.05) is 60.7 Å². The smallest absolute Gasteiger partial charge is 0.410 e. The Morgan fingerprint density at radius 3 is 1.78 bits per heavy atom. The fourth-order valence-corrected chi connectivity index (χ4v) is 5.59. The number of hydrogen-bond acceptors (Lipinski definition) is 6. The lowest BCUT2D eigenvalue weighted by Gasteiger charge is -2.25. The van der Waals surface area contributed by atoms with E-state index in [1.165, 1.54) is 4.90 Å². The molecule has 2 unspecified atom stereocenters. The van der Waals surface area contributed by atoms with Crippen molar-refractivity contribution in [3.63, 3.8) is 0 Å². The van der Waals surface area contributed by atoms with Gasteiger partial charge < -0.3 is 24.6 Å². The van der Waals surface area contributed by atoms with Crippen LogP contribution in [-0.2, 0) is 27.5 Å². The highest BCUT2D eigenvalue weighted by Crippen LogP contribution is 2.50. The molecular formula is C28H32N2O7. The number of carbonyl (C=O) groups excluding carboxylic acids is 2. The van der Waals surface area contributed by atoms with Crippen molar-refractivity contribution in [2.24, 2.45) is 23.7 Å². The van der Waals surface area contributed by atoms with E-state index in [-0.39, 0.29) is 31.3 Å². The summed E-state index contributed by atoms with van der Waals surface area (Å²) in [5.74, 6) is 0.638. The largest absolute Gasteiger partial charge is 0.480 e. The summed E-state index contributed by atoms with van der Waals surface area (Å²) in [6, 6.07) is 18.3. The van der Waals surface area contributed by atoms with E-state index in [2.05, 4.69) is 0 Å². The van der Waals surface area contributed by atoms with Crippen molar-refractivity contribution >= 4 is 18.2 Å². The second-order valence-corrected chi connectivity index (χ2v) is 10.2. The Morgan fingerprint density at radius 2 is 1.24 bits per heavy atom. The zero-order valence-electron chi connectivity index (χ0n) is 20.5. The van der Waals surface area contributed by atoms with Crippen LogP contribution in [0.15, 0.2) is 60.7 Å². The number of hydrogen-bond donors (Lipinski definition) is 2. The third kappa shape index (κ3) is 5.72. The van der Waals surface area contributed by atoms with Gasteiger partial charge in [0.15, 0.2) is 0 Å². The highest BCUT2D eigenvalue weighted by atomic mass is 16.6. The number of fused-ring (bicyclic) bond motifs is 2. The van der Waals surface area contributed by atoms with E-state index in [0.29, 0.717) is 30.9 Å². The topological polar surface area (TPSA) is 117 Å². The number of likely N-dealkylation sites (tertiary alicyclic amines) is 2. The van der Waals surface area contributed by atoms with Gasteiger partial charge in [-0.3, -0.25) is 4.90 Å². The Hall–Kier alpha value is -3.59. The maximum Gasteiger partial charge on any atom is 0.410 e. The monoisotopic (exact) mass is 508 g/mol. The molecule has 196 valence electrons. The zero-order chi connectivity index (χ0) is 25.9. The molecule has 0 aromatic heterocycles. The number of rotatable bonds is 6. The molecule has 2 aliphatic carbocycles. The van der Waals surface area contributed by atoms with Gasteiger partial charge in [0.25, 0.3) is 0 Å². The van der Waals surface area contributed by atoms with Gasteiger partial charge >= 0.3 is 18.2 Å². The number of piperidine rings is 2. The molecule has 37 heavy (non-hydrogen) atoms. The first-order chi connectivity index (χ1) is 18.0. The first-order valence-corrected chi connectivity index (χ1v) is 12.7. The molecule has 4 fully saturated rings. The number of benzene rings is 2.